The monoisotopic (exact) mass is 126 g/mol. The van der Waals surface area contributed by atoms with Crippen molar-refractivity contribution in [1.82, 2.24) is 0 Å². The second-order valence-corrected chi connectivity index (χ2v) is 3.62. The molecule has 0 aromatic carbocycles. The van der Waals surface area contributed by atoms with Gasteiger partial charge in [-0.2, -0.15) is 0 Å². The lowest BCUT2D eigenvalue weighted by atomic mass is 9.94. The highest BCUT2D eigenvalue weighted by Crippen LogP contribution is 2.45. The van der Waals surface area contributed by atoms with Crippen molar-refractivity contribution in [2.24, 2.45) is 11.8 Å². The highest BCUT2D eigenvalue weighted by molar-refractivity contribution is 4.98. The topological polar surface area (TPSA) is 12.5 Å². The van der Waals surface area contributed by atoms with Crippen LogP contribution in [0.25, 0.3) is 0 Å². The van der Waals surface area contributed by atoms with Crippen LogP contribution in [-0.4, -0.2) is 12.2 Å². The van der Waals surface area contributed by atoms with Gasteiger partial charge in [0.05, 0.1) is 12.2 Å². The van der Waals surface area contributed by atoms with Gasteiger partial charge in [0.15, 0.2) is 0 Å². The first kappa shape index (κ1) is 5.72. The fourth-order valence-electron chi connectivity index (χ4n) is 2.00. The van der Waals surface area contributed by atoms with Crippen molar-refractivity contribution in [3.05, 3.63) is 0 Å². The SMILES string of the molecule is CC(C)[C@@H]1CC[C@H]2O[C@H]21. The predicted octanol–water partition coefficient (Wildman–Crippen LogP) is 1.82. The second kappa shape index (κ2) is 1.72. The van der Waals surface area contributed by atoms with Crippen molar-refractivity contribution in [2.75, 3.05) is 0 Å². The standard InChI is InChI=1S/C8H14O/c1-5(2)6-3-4-7-8(6)9-7/h5-8H,3-4H2,1-2H3/t6-,7+,8-/m0/s1. The summed E-state index contributed by atoms with van der Waals surface area (Å²) in [4.78, 5) is 0. The summed E-state index contributed by atoms with van der Waals surface area (Å²) in [6, 6.07) is 0. The maximum atomic E-state index is 5.43. The van der Waals surface area contributed by atoms with E-state index in [0.717, 1.165) is 11.8 Å². The van der Waals surface area contributed by atoms with Crippen LogP contribution < -0.4 is 0 Å². The zero-order valence-corrected chi connectivity index (χ0v) is 6.13. The van der Waals surface area contributed by atoms with Gasteiger partial charge < -0.3 is 4.74 Å². The quantitative estimate of drug-likeness (QED) is 0.488. The summed E-state index contributed by atoms with van der Waals surface area (Å²) in [7, 11) is 0. The van der Waals surface area contributed by atoms with Gasteiger partial charge in [0.2, 0.25) is 0 Å². The van der Waals surface area contributed by atoms with Crippen LogP contribution in [-0.2, 0) is 4.74 Å². The summed E-state index contributed by atoms with van der Waals surface area (Å²) < 4.78 is 5.43. The number of hydrogen-bond acceptors (Lipinski definition) is 1. The van der Waals surface area contributed by atoms with Gasteiger partial charge in [-0.25, -0.2) is 0 Å². The summed E-state index contributed by atoms with van der Waals surface area (Å²) in [5, 5.41) is 0. The molecule has 1 nitrogen and oxygen atoms in total. The Balaban J connectivity index is 1.98. The molecule has 3 atom stereocenters. The molecule has 0 bridgehead atoms. The Kier molecular flexibility index (Phi) is 1.10. The van der Waals surface area contributed by atoms with Gasteiger partial charge in [-0.05, 0) is 24.7 Å². The highest BCUT2D eigenvalue weighted by Gasteiger charge is 2.50. The Hall–Kier alpha value is -0.0400. The predicted molar refractivity (Wildman–Crippen MR) is 36.2 cm³/mol. The number of epoxide rings is 1. The highest BCUT2D eigenvalue weighted by atomic mass is 16.6. The molecule has 2 fully saturated rings. The minimum atomic E-state index is 0.671. The Bertz CT molecular complexity index is 120. The fourth-order valence-corrected chi connectivity index (χ4v) is 2.00. The van der Waals surface area contributed by atoms with Crippen LogP contribution in [0.15, 0.2) is 0 Å². The van der Waals surface area contributed by atoms with Gasteiger partial charge in [0, 0.05) is 0 Å². The molecular formula is C8H14O. The van der Waals surface area contributed by atoms with E-state index in [-0.39, 0.29) is 0 Å². The van der Waals surface area contributed by atoms with E-state index in [1.807, 2.05) is 0 Å². The second-order valence-electron chi connectivity index (χ2n) is 3.62. The van der Waals surface area contributed by atoms with Crippen LogP contribution in [0.1, 0.15) is 26.7 Å². The van der Waals surface area contributed by atoms with Gasteiger partial charge in [-0.15, -0.1) is 0 Å². The third-order valence-electron chi connectivity index (χ3n) is 2.68. The number of rotatable bonds is 1. The lowest BCUT2D eigenvalue weighted by Crippen LogP contribution is -2.10. The Labute approximate surface area is 56.4 Å². The van der Waals surface area contributed by atoms with Crippen LogP contribution >= 0.6 is 0 Å². The third-order valence-corrected chi connectivity index (χ3v) is 2.68. The first-order chi connectivity index (χ1) is 4.29. The minimum absolute atomic E-state index is 0.671. The molecule has 0 aromatic rings. The van der Waals surface area contributed by atoms with Crippen LogP contribution in [0, 0.1) is 11.8 Å². The first-order valence-electron chi connectivity index (χ1n) is 3.94. The molecule has 0 unspecified atom stereocenters. The van der Waals surface area contributed by atoms with E-state index >= 15 is 0 Å². The van der Waals surface area contributed by atoms with E-state index < -0.39 is 0 Å². The number of fused-ring (bicyclic) bond motifs is 1. The lowest BCUT2D eigenvalue weighted by molar-refractivity contribution is 0.226. The van der Waals surface area contributed by atoms with Crippen molar-refractivity contribution in [2.45, 2.75) is 38.9 Å². The first-order valence-corrected chi connectivity index (χ1v) is 3.94. The van der Waals surface area contributed by atoms with Crippen LogP contribution in [0.5, 0.6) is 0 Å². The molecule has 0 amide bonds. The van der Waals surface area contributed by atoms with E-state index in [9.17, 15) is 0 Å². The number of hydrogen-bond donors (Lipinski definition) is 0. The van der Waals surface area contributed by atoms with Crippen LogP contribution in [0.3, 0.4) is 0 Å². The molecule has 1 aliphatic heterocycles. The molecule has 0 spiro atoms. The average molecular weight is 126 g/mol. The Morgan fingerprint density at radius 3 is 2.33 bits per heavy atom. The molecule has 1 heteroatoms. The molecule has 1 saturated carbocycles. The van der Waals surface area contributed by atoms with Gasteiger partial charge in [0.1, 0.15) is 0 Å². The lowest BCUT2D eigenvalue weighted by Gasteiger charge is -2.13. The van der Waals surface area contributed by atoms with Gasteiger partial charge in [0.25, 0.3) is 0 Å². The average Bonchev–Trinajstić information content (AvgIpc) is 2.43. The zero-order chi connectivity index (χ0) is 6.43. The van der Waals surface area contributed by atoms with E-state index in [1.54, 1.807) is 0 Å². The van der Waals surface area contributed by atoms with Gasteiger partial charge >= 0.3 is 0 Å². The summed E-state index contributed by atoms with van der Waals surface area (Å²) in [6.45, 7) is 4.60. The van der Waals surface area contributed by atoms with Gasteiger partial charge in [-0.3, -0.25) is 0 Å². The largest absolute Gasteiger partial charge is 0.369 e. The van der Waals surface area contributed by atoms with Crippen molar-refractivity contribution >= 4 is 0 Å². The molecule has 9 heavy (non-hydrogen) atoms. The molecule has 0 N–H and O–H groups in total. The third kappa shape index (κ3) is 0.787. The smallest absolute Gasteiger partial charge is 0.0872 e. The number of ether oxygens (including phenoxy) is 1. The van der Waals surface area contributed by atoms with E-state index in [0.29, 0.717) is 12.2 Å². The van der Waals surface area contributed by atoms with E-state index in [1.165, 1.54) is 12.8 Å². The van der Waals surface area contributed by atoms with Crippen molar-refractivity contribution in [1.29, 1.82) is 0 Å². The van der Waals surface area contributed by atoms with Crippen LogP contribution in [0.4, 0.5) is 0 Å². The molecule has 1 aliphatic carbocycles. The van der Waals surface area contributed by atoms with E-state index in [4.69, 9.17) is 4.74 Å². The molecular weight excluding hydrogens is 112 g/mol. The van der Waals surface area contributed by atoms with Crippen molar-refractivity contribution in [3.8, 4) is 0 Å². The maximum Gasteiger partial charge on any atom is 0.0872 e. The summed E-state index contributed by atoms with van der Waals surface area (Å²) in [6.07, 6.45) is 4.09. The maximum absolute atomic E-state index is 5.43. The van der Waals surface area contributed by atoms with Crippen molar-refractivity contribution < 1.29 is 4.74 Å². The normalized spacial score (nSPS) is 47.7. The van der Waals surface area contributed by atoms with E-state index in [2.05, 4.69) is 13.8 Å². The molecule has 0 radical (unpaired) electrons. The Morgan fingerprint density at radius 2 is 2.11 bits per heavy atom. The molecule has 2 rings (SSSR count). The minimum Gasteiger partial charge on any atom is -0.369 e. The molecule has 1 heterocycles. The van der Waals surface area contributed by atoms with Crippen LogP contribution in [0.2, 0.25) is 0 Å². The van der Waals surface area contributed by atoms with Crippen molar-refractivity contribution in [3.63, 3.8) is 0 Å². The molecule has 2 aliphatic rings. The molecule has 52 valence electrons. The summed E-state index contributed by atoms with van der Waals surface area (Å²) in [5.41, 5.74) is 0. The summed E-state index contributed by atoms with van der Waals surface area (Å²) >= 11 is 0. The Morgan fingerprint density at radius 1 is 1.33 bits per heavy atom. The van der Waals surface area contributed by atoms with Gasteiger partial charge in [-0.1, -0.05) is 13.8 Å². The molecule has 0 aromatic heterocycles. The summed E-state index contributed by atoms with van der Waals surface area (Å²) in [5.74, 6) is 1.72. The molecule has 1 saturated heterocycles. The fraction of sp³-hybridized carbons (Fsp3) is 1.00. The zero-order valence-electron chi connectivity index (χ0n) is 6.13.